The van der Waals surface area contributed by atoms with Crippen LogP contribution in [0, 0.1) is 0 Å². The van der Waals surface area contributed by atoms with Gasteiger partial charge in [0.25, 0.3) is 0 Å². The number of nitrogens with one attached hydrogen (secondary N) is 1. The van der Waals surface area contributed by atoms with E-state index < -0.39 is 22.2 Å². The maximum atomic E-state index is 12.2. The molecule has 0 aliphatic heterocycles. The molecule has 0 fully saturated rings. The molecule has 8 heteroatoms. The van der Waals surface area contributed by atoms with Gasteiger partial charge >= 0.3 is 0 Å². The summed E-state index contributed by atoms with van der Waals surface area (Å²) >= 11 is 5.77. The fourth-order valence-electron chi connectivity index (χ4n) is 1.64. The number of rotatable bonds is 5. The number of sulfonamides is 1. The number of pyridine rings is 1. The van der Waals surface area contributed by atoms with Crippen LogP contribution in [0.15, 0.2) is 35.2 Å². The molecule has 1 aromatic carbocycles. The Morgan fingerprint density at radius 1 is 1.33 bits per heavy atom. The number of hydrogen-bond acceptors (Lipinski definition) is 5. The highest BCUT2D eigenvalue weighted by molar-refractivity contribution is 7.89. The Hall–Kier alpha value is -1.25. The number of fused-ring (bicyclic) bond motifs is 1. The van der Waals surface area contributed by atoms with Gasteiger partial charge in [-0.25, -0.2) is 18.1 Å². The van der Waals surface area contributed by atoms with E-state index in [0.717, 1.165) is 0 Å². The van der Waals surface area contributed by atoms with Gasteiger partial charge in [0.2, 0.25) is 10.0 Å². The minimum atomic E-state index is -3.79. The predicted molar refractivity (Wildman–Crippen MR) is 79.7 cm³/mol. The van der Waals surface area contributed by atoms with Crippen LogP contribution in [-0.4, -0.2) is 42.4 Å². The number of aromatic nitrogens is 1. The van der Waals surface area contributed by atoms with Crippen molar-refractivity contribution in [1.82, 2.24) is 9.71 Å². The first-order valence-corrected chi connectivity index (χ1v) is 7.99. The molecule has 0 aliphatic carbocycles. The molecule has 6 nitrogen and oxygen atoms in total. The van der Waals surface area contributed by atoms with Gasteiger partial charge in [-0.3, -0.25) is 0 Å². The summed E-state index contributed by atoms with van der Waals surface area (Å²) in [6.07, 6.45) is 0. The lowest BCUT2D eigenvalue weighted by atomic mass is 10.1. The van der Waals surface area contributed by atoms with E-state index in [2.05, 4.69) is 9.71 Å². The minimum absolute atomic E-state index is 0.0489. The van der Waals surface area contributed by atoms with E-state index in [4.69, 9.17) is 16.7 Å². The van der Waals surface area contributed by atoms with Crippen LogP contribution in [0.25, 0.3) is 10.9 Å². The summed E-state index contributed by atoms with van der Waals surface area (Å²) in [7, 11) is -3.79. The average Bonchev–Trinajstić information content (AvgIpc) is 2.45. The monoisotopic (exact) mass is 330 g/mol. The van der Waals surface area contributed by atoms with Crippen LogP contribution < -0.4 is 4.72 Å². The lowest BCUT2D eigenvalue weighted by Gasteiger charge is -2.20. The summed E-state index contributed by atoms with van der Waals surface area (Å²) in [5.41, 5.74) is -0.928. The molecule has 0 aliphatic rings. The molecule has 0 radical (unpaired) electrons. The summed E-state index contributed by atoms with van der Waals surface area (Å²) in [5.74, 6) is 0. The number of halogens is 1. The highest BCUT2D eigenvalue weighted by Gasteiger charge is 2.23. The molecule has 1 heterocycles. The summed E-state index contributed by atoms with van der Waals surface area (Å²) < 4.78 is 26.6. The zero-order valence-corrected chi connectivity index (χ0v) is 12.8. The Morgan fingerprint density at radius 3 is 2.71 bits per heavy atom. The number of aliphatic hydroxyl groups is 2. The third-order valence-corrected chi connectivity index (χ3v) is 4.53. The second kappa shape index (κ2) is 5.86. The van der Waals surface area contributed by atoms with Gasteiger partial charge in [-0.05, 0) is 37.3 Å². The molecular formula is C13H15ClN2O4S. The van der Waals surface area contributed by atoms with Crippen LogP contribution in [0.2, 0.25) is 5.15 Å². The molecule has 1 unspecified atom stereocenters. The van der Waals surface area contributed by atoms with Crippen LogP contribution in [0.5, 0.6) is 0 Å². The van der Waals surface area contributed by atoms with E-state index in [1.807, 2.05) is 0 Å². The van der Waals surface area contributed by atoms with E-state index >= 15 is 0 Å². The topological polar surface area (TPSA) is 99.5 Å². The Morgan fingerprint density at radius 2 is 2.05 bits per heavy atom. The van der Waals surface area contributed by atoms with Crippen molar-refractivity contribution in [2.75, 3.05) is 13.2 Å². The molecule has 1 aromatic heterocycles. The summed E-state index contributed by atoms with van der Waals surface area (Å²) in [6.45, 7) is 0.500. The molecule has 3 N–H and O–H groups in total. The normalized spacial score (nSPS) is 15.0. The highest BCUT2D eigenvalue weighted by Crippen LogP contribution is 2.20. The summed E-state index contributed by atoms with van der Waals surface area (Å²) in [5, 5.41) is 19.5. The van der Waals surface area contributed by atoms with Crippen LogP contribution in [0.4, 0.5) is 0 Å². The zero-order valence-electron chi connectivity index (χ0n) is 11.2. The Labute approximate surface area is 127 Å². The number of hydrogen-bond donors (Lipinski definition) is 3. The molecule has 0 saturated heterocycles. The van der Waals surface area contributed by atoms with Gasteiger partial charge in [0, 0.05) is 11.9 Å². The van der Waals surface area contributed by atoms with Gasteiger partial charge in [0.05, 0.1) is 22.6 Å². The summed E-state index contributed by atoms with van der Waals surface area (Å²) in [6, 6.07) is 7.67. The first-order valence-electron chi connectivity index (χ1n) is 6.13. The quantitative estimate of drug-likeness (QED) is 0.708. The Balaban J connectivity index is 2.30. The molecule has 2 aromatic rings. The molecule has 0 spiro atoms. The molecule has 2 rings (SSSR count). The standard InChI is InChI=1S/C13H15ClN2O4S/c1-13(18,8-17)7-15-21(19,20)10-3-4-11-9(6-10)2-5-12(14)16-11/h2-6,15,17-18H,7-8H2,1H3. The van der Waals surface area contributed by atoms with E-state index in [-0.39, 0.29) is 11.4 Å². The maximum absolute atomic E-state index is 12.2. The van der Waals surface area contributed by atoms with Crippen molar-refractivity contribution in [3.05, 3.63) is 35.5 Å². The van der Waals surface area contributed by atoms with Crippen molar-refractivity contribution < 1.29 is 18.6 Å². The van der Waals surface area contributed by atoms with E-state index in [9.17, 15) is 13.5 Å². The molecule has 0 amide bonds. The van der Waals surface area contributed by atoms with Crippen molar-refractivity contribution in [2.45, 2.75) is 17.4 Å². The van der Waals surface area contributed by atoms with Crippen LogP contribution >= 0.6 is 11.6 Å². The molecular weight excluding hydrogens is 316 g/mol. The van der Waals surface area contributed by atoms with E-state index in [1.165, 1.54) is 19.1 Å². The lowest BCUT2D eigenvalue weighted by molar-refractivity contribution is 0.00681. The van der Waals surface area contributed by atoms with Crippen molar-refractivity contribution >= 4 is 32.5 Å². The largest absolute Gasteiger partial charge is 0.393 e. The third kappa shape index (κ3) is 3.90. The summed E-state index contributed by atoms with van der Waals surface area (Å²) in [4.78, 5) is 4.12. The van der Waals surface area contributed by atoms with E-state index in [0.29, 0.717) is 16.1 Å². The Kier molecular flexibility index (Phi) is 4.50. The van der Waals surface area contributed by atoms with Crippen LogP contribution in [-0.2, 0) is 10.0 Å². The lowest BCUT2D eigenvalue weighted by Crippen LogP contribution is -2.43. The van der Waals surface area contributed by atoms with Gasteiger partial charge < -0.3 is 10.2 Å². The molecule has 1 atom stereocenters. The smallest absolute Gasteiger partial charge is 0.240 e. The molecule has 0 saturated carbocycles. The average molecular weight is 331 g/mol. The molecule has 114 valence electrons. The van der Waals surface area contributed by atoms with Crippen molar-refractivity contribution in [3.63, 3.8) is 0 Å². The third-order valence-electron chi connectivity index (χ3n) is 2.92. The predicted octanol–water partition coefficient (Wildman–Crippen LogP) is 0.910. The zero-order chi connectivity index (χ0) is 15.7. The van der Waals surface area contributed by atoms with Crippen molar-refractivity contribution in [3.8, 4) is 0 Å². The van der Waals surface area contributed by atoms with Crippen molar-refractivity contribution in [2.24, 2.45) is 0 Å². The van der Waals surface area contributed by atoms with Gasteiger partial charge in [-0.2, -0.15) is 0 Å². The molecule has 21 heavy (non-hydrogen) atoms. The minimum Gasteiger partial charge on any atom is -0.393 e. The second-order valence-electron chi connectivity index (χ2n) is 4.97. The van der Waals surface area contributed by atoms with Gasteiger partial charge in [0.15, 0.2) is 0 Å². The number of benzene rings is 1. The van der Waals surface area contributed by atoms with Gasteiger partial charge in [0.1, 0.15) is 5.15 Å². The van der Waals surface area contributed by atoms with E-state index in [1.54, 1.807) is 18.2 Å². The fourth-order valence-corrected chi connectivity index (χ4v) is 2.99. The maximum Gasteiger partial charge on any atom is 0.240 e. The van der Waals surface area contributed by atoms with Crippen molar-refractivity contribution in [1.29, 1.82) is 0 Å². The highest BCUT2D eigenvalue weighted by atomic mass is 35.5. The first kappa shape index (κ1) is 16.1. The Bertz CT molecular complexity index is 762. The number of aliphatic hydroxyl groups excluding tert-OH is 1. The second-order valence-corrected chi connectivity index (χ2v) is 7.12. The first-order chi connectivity index (χ1) is 9.73. The SMILES string of the molecule is CC(O)(CO)CNS(=O)(=O)c1ccc2nc(Cl)ccc2c1. The van der Waals surface area contributed by atoms with Crippen LogP contribution in [0.3, 0.4) is 0 Å². The number of nitrogens with zero attached hydrogens (tertiary/aromatic N) is 1. The van der Waals surface area contributed by atoms with Gasteiger partial charge in [-0.15, -0.1) is 0 Å². The van der Waals surface area contributed by atoms with Gasteiger partial charge in [-0.1, -0.05) is 11.6 Å². The molecule has 0 bridgehead atoms. The fraction of sp³-hybridized carbons (Fsp3) is 0.308. The van der Waals surface area contributed by atoms with Crippen LogP contribution in [0.1, 0.15) is 6.92 Å².